The zero-order valence-corrected chi connectivity index (χ0v) is 17.9. The normalized spacial score (nSPS) is 10.6. The molecule has 8 heteroatoms. The van der Waals surface area contributed by atoms with E-state index in [-0.39, 0.29) is 5.56 Å². The minimum Gasteiger partial charge on any atom is -0.478 e. The molecule has 30 heavy (non-hydrogen) atoms. The van der Waals surface area contributed by atoms with Gasteiger partial charge in [-0.25, -0.2) is 9.78 Å². The Morgan fingerprint density at radius 1 is 1.10 bits per heavy atom. The third-order valence-electron chi connectivity index (χ3n) is 4.38. The summed E-state index contributed by atoms with van der Waals surface area (Å²) in [4.78, 5) is 21.1. The molecule has 0 unspecified atom stereocenters. The largest absolute Gasteiger partial charge is 0.478 e. The monoisotopic (exact) mass is 424 g/mol. The van der Waals surface area contributed by atoms with E-state index in [9.17, 15) is 9.90 Å². The number of nitrogens with one attached hydrogen (secondary N) is 2. The first kappa shape index (κ1) is 21.6. The Bertz CT molecular complexity index is 1020. The van der Waals surface area contributed by atoms with E-state index in [4.69, 9.17) is 4.74 Å². The Morgan fingerprint density at radius 2 is 1.83 bits per heavy atom. The number of aromatic carboxylic acids is 1. The summed E-state index contributed by atoms with van der Waals surface area (Å²) in [5.41, 5.74) is 4.26. The van der Waals surface area contributed by atoms with Crippen LogP contribution >= 0.6 is 11.9 Å². The average Bonchev–Trinajstić information content (AvgIpc) is 2.72. The van der Waals surface area contributed by atoms with E-state index >= 15 is 0 Å². The fraction of sp³-hybridized carbons (Fsp3) is 0.227. The molecule has 0 atom stereocenters. The van der Waals surface area contributed by atoms with Crippen LogP contribution in [-0.2, 0) is 0 Å². The van der Waals surface area contributed by atoms with Gasteiger partial charge in [0.25, 0.3) is 0 Å². The second kappa shape index (κ2) is 10.1. The van der Waals surface area contributed by atoms with E-state index in [0.29, 0.717) is 25.0 Å². The standard InChI is InChI=1S/C22H24N4O3S/c1-14-6-4-7-15(2)20(14)18-13-19(29-11-10-23-3)25-22(24-18)26-30-17-9-5-8-16(12-17)21(27)28/h4-9,12-13,23H,10-11H2,1-3H3,(H,27,28)(H,24,25,26). The van der Waals surface area contributed by atoms with Gasteiger partial charge in [0, 0.05) is 23.1 Å². The van der Waals surface area contributed by atoms with Gasteiger partial charge in [0.2, 0.25) is 11.8 Å². The average molecular weight is 425 g/mol. The maximum Gasteiger partial charge on any atom is 0.335 e. The lowest BCUT2D eigenvalue weighted by molar-refractivity contribution is 0.0696. The summed E-state index contributed by atoms with van der Waals surface area (Å²) in [6.45, 7) is 5.27. The van der Waals surface area contributed by atoms with Crippen molar-refractivity contribution in [3.05, 3.63) is 65.2 Å². The van der Waals surface area contributed by atoms with Crippen LogP contribution in [0.25, 0.3) is 11.3 Å². The molecule has 0 amide bonds. The summed E-state index contributed by atoms with van der Waals surface area (Å²) < 4.78 is 8.90. The van der Waals surface area contributed by atoms with E-state index in [0.717, 1.165) is 27.3 Å². The summed E-state index contributed by atoms with van der Waals surface area (Å²) in [6, 6.07) is 14.6. The quantitative estimate of drug-likeness (QED) is 0.348. The van der Waals surface area contributed by atoms with Crippen LogP contribution in [0.5, 0.6) is 5.88 Å². The number of anilines is 1. The van der Waals surface area contributed by atoms with Crippen molar-refractivity contribution in [3.8, 4) is 17.1 Å². The third-order valence-corrected chi connectivity index (χ3v) is 5.16. The molecule has 0 aliphatic carbocycles. The molecule has 3 N–H and O–H groups in total. The van der Waals surface area contributed by atoms with Crippen LogP contribution < -0.4 is 14.8 Å². The molecule has 156 valence electrons. The summed E-state index contributed by atoms with van der Waals surface area (Å²) in [5, 5.41) is 12.2. The fourth-order valence-electron chi connectivity index (χ4n) is 2.95. The highest BCUT2D eigenvalue weighted by molar-refractivity contribution is 8.00. The molecule has 3 rings (SSSR count). The van der Waals surface area contributed by atoms with Crippen molar-refractivity contribution in [3.63, 3.8) is 0 Å². The third kappa shape index (κ3) is 5.49. The molecule has 2 aromatic carbocycles. The zero-order chi connectivity index (χ0) is 21.5. The zero-order valence-electron chi connectivity index (χ0n) is 17.1. The number of likely N-dealkylation sites (N-methyl/N-ethyl adjacent to an activating group) is 1. The van der Waals surface area contributed by atoms with Gasteiger partial charge in [-0.3, -0.25) is 4.72 Å². The molecule has 0 radical (unpaired) electrons. The van der Waals surface area contributed by atoms with Crippen LogP contribution in [-0.4, -0.2) is 41.2 Å². The van der Waals surface area contributed by atoms with Gasteiger partial charge in [-0.2, -0.15) is 4.98 Å². The Balaban J connectivity index is 1.90. The number of aromatic nitrogens is 2. The molecule has 7 nitrogen and oxygen atoms in total. The topological polar surface area (TPSA) is 96.4 Å². The SMILES string of the molecule is CNCCOc1cc(-c2c(C)cccc2C)nc(NSc2cccc(C(=O)O)c2)n1. The van der Waals surface area contributed by atoms with E-state index < -0.39 is 5.97 Å². The number of carboxylic acids is 1. The Kier molecular flexibility index (Phi) is 7.26. The number of hydrogen-bond donors (Lipinski definition) is 3. The predicted octanol–water partition coefficient (Wildman–Crippen LogP) is 4.18. The van der Waals surface area contributed by atoms with Crippen molar-refractivity contribution in [2.24, 2.45) is 0 Å². The lowest BCUT2D eigenvalue weighted by Crippen LogP contribution is -2.16. The molecule has 0 saturated carbocycles. The van der Waals surface area contributed by atoms with Crippen LogP contribution in [0.15, 0.2) is 53.4 Å². The molecule has 3 aromatic rings. The first-order valence-electron chi connectivity index (χ1n) is 9.47. The molecule has 1 heterocycles. The summed E-state index contributed by atoms with van der Waals surface area (Å²) in [5.74, 6) is -0.105. The molecule has 0 fully saturated rings. The van der Waals surface area contributed by atoms with Gasteiger partial charge in [0.05, 0.1) is 11.3 Å². The summed E-state index contributed by atoms with van der Waals surface area (Å²) in [6.07, 6.45) is 0. The number of rotatable bonds is 9. The van der Waals surface area contributed by atoms with Gasteiger partial charge < -0.3 is 15.2 Å². The second-order valence-corrected chi connectivity index (χ2v) is 7.55. The van der Waals surface area contributed by atoms with Crippen molar-refractivity contribution < 1.29 is 14.6 Å². The number of carbonyl (C=O) groups is 1. The maximum atomic E-state index is 11.2. The molecule has 0 aliphatic rings. The van der Waals surface area contributed by atoms with E-state index in [1.165, 1.54) is 11.9 Å². The minimum atomic E-state index is -0.967. The maximum absolute atomic E-state index is 11.2. The lowest BCUT2D eigenvalue weighted by Gasteiger charge is -2.13. The highest BCUT2D eigenvalue weighted by atomic mass is 32.2. The van der Waals surface area contributed by atoms with Crippen molar-refractivity contribution in [2.45, 2.75) is 18.7 Å². The number of hydrogen-bond acceptors (Lipinski definition) is 7. The molecule has 0 bridgehead atoms. The molecule has 0 aliphatic heterocycles. The van der Waals surface area contributed by atoms with Crippen LogP contribution in [0.2, 0.25) is 0 Å². The molecule has 0 spiro atoms. The van der Waals surface area contributed by atoms with Crippen molar-refractivity contribution >= 4 is 23.9 Å². The summed E-state index contributed by atoms with van der Waals surface area (Å²) >= 11 is 1.25. The van der Waals surface area contributed by atoms with Crippen molar-refractivity contribution in [1.82, 2.24) is 15.3 Å². The highest BCUT2D eigenvalue weighted by Gasteiger charge is 2.13. The smallest absolute Gasteiger partial charge is 0.335 e. The van der Waals surface area contributed by atoms with Crippen molar-refractivity contribution in [2.75, 3.05) is 24.9 Å². The molecule has 0 saturated heterocycles. The van der Waals surface area contributed by atoms with Crippen molar-refractivity contribution in [1.29, 1.82) is 0 Å². The van der Waals surface area contributed by atoms with Crippen LogP contribution in [0.1, 0.15) is 21.5 Å². The van der Waals surface area contributed by atoms with Gasteiger partial charge in [0.1, 0.15) is 6.61 Å². The number of benzene rings is 2. The first-order valence-corrected chi connectivity index (χ1v) is 10.3. The molecule has 1 aromatic heterocycles. The highest BCUT2D eigenvalue weighted by Crippen LogP contribution is 2.30. The van der Waals surface area contributed by atoms with Crippen LogP contribution in [0.3, 0.4) is 0 Å². The summed E-state index contributed by atoms with van der Waals surface area (Å²) in [7, 11) is 1.86. The predicted molar refractivity (Wildman–Crippen MR) is 119 cm³/mol. The number of carboxylic acid groups (broad SMARTS) is 1. The number of aryl methyl sites for hydroxylation is 2. The first-order chi connectivity index (χ1) is 14.5. The van der Waals surface area contributed by atoms with Crippen LogP contribution in [0.4, 0.5) is 5.95 Å². The van der Waals surface area contributed by atoms with Gasteiger partial charge in [-0.05, 0) is 62.2 Å². The lowest BCUT2D eigenvalue weighted by atomic mass is 10.00. The van der Waals surface area contributed by atoms with Gasteiger partial charge >= 0.3 is 5.97 Å². The molecular weight excluding hydrogens is 400 g/mol. The number of ether oxygens (including phenoxy) is 1. The Hall–Kier alpha value is -3.10. The van der Waals surface area contributed by atoms with E-state index in [1.54, 1.807) is 18.2 Å². The van der Waals surface area contributed by atoms with E-state index in [1.807, 2.05) is 51.2 Å². The molecular formula is C22H24N4O3S. The Morgan fingerprint density at radius 3 is 2.53 bits per heavy atom. The van der Waals surface area contributed by atoms with E-state index in [2.05, 4.69) is 20.0 Å². The minimum absolute atomic E-state index is 0.225. The Labute approximate surface area is 180 Å². The van der Waals surface area contributed by atoms with Gasteiger partial charge in [0.15, 0.2) is 0 Å². The second-order valence-electron chi connectivity index (χ2n) is 6.67. The van der Waals surface area contributed by atoms with Gasteiger partial charge in [-0.1, -0.05) is 24.3 Å². The fourth-order valence-corrected chi connectivity index (χ4v) is 3.58. The number of nitrogens with zero attached hydrogens (tertiary/aromatic N) is 2. The van der Waals surface area contributed by atoms with Gasteiger partial charge in [-0.15, -0.1) is 0 Å². The van der Waals surface area contributed by atoms with Crippen LogP contribution in [0, 0.1) is 13.8 Å².